The number of aromatic nitrogens is 6. The zero-order valence-electron chi connectivity index (χ0n) is 7.57. The van der Waals surface area contributed by atoms with Gasteiger partial charge >= 0.3 is 0 Å². The molecule has 2 aromatic heterocycles. The van der Waals surface area contributed by atoms with Crippen LogP contribution in [0.5, 0.6) is 0 Å². The van der Waals surface area contributed by atoms with Crippen molar-refractivity contribution in [2.75, 3.05) is 0 Å². The van der Waals surface area contributed by atoms with Gasteiger partial charge in [0.15, 0.2) is 6.33 Å². The largest absolute Gasteiger partial charge is 0.240 e. The second-order valence-electron chi connectivity index (χ2n) is 2.87. The molecule has 0 aliphatic carbocycles. The Balaban J connectivity index is 2.22. The Morgan fingerprint density at radius 1 is 1.13 bits per heavy atom. The van der Waals surface area contributed by atoms with Crippen LogP contribution in [0.3, 0.4) is 0 Å². The molecule has 0 bridgehead atoms. The third kappa shape index (κ3) is 1.32. The lowest BCUT2D eigenvalue weighted by molar-refractivity contribution is 0.699. The maximum absolute atomic E-state index is 4.30. The average molecular weight is 197 g/mol. The van der Waals surface area contributed by atoms with Gasteiger partial charge in [-0.3, -0.25) is 0 Å². The van der Waals surface area contributed by atoms with Gasteiger partial charge in [0.25, 0.3) is 0 Å². The van der Waals surface area contributed by atoms with E-state index in [-0.39, 0.29) is 0 Å². The van der Waals surface area contributed by atoms with E-state index in [0.29, 0.717) is 5.82 Å². The van der Waals surface area contributed by atoms with Gasteiger partial charge in [0.1, 0.15) is 6.20 Å². The van der Waals surface area contributed by atoms with E-state index in [0.717, 1.165) is 11.0 Å². The normalized spacial score (nSPS) is 10.7. The minimum Gasteiger partial charge on any atom is -0.240 e. The number of hydrogen-bond donors (Lipinski definition) is 0. The molecule has 15 heavy (non-hydrogen) atoms. The van der Waals surface area contributed by atoms with Crippen molar-refractivity contribution in [2.45, 2.75) is 0 Å². The van der Waals surface area contributed by atoms with Crippen LogP contribution in [0, 0.1) is 6.20 Å². The first-order valence-corrected chi connectivity index (χ1v) is 4.31. The van der Waals surface area contributed by atoms with Gasteiger partial charge in [-0.1, -0.05) is 12.1 Å². The summed E-state index contributed by atoms with van der Waals surface area (Å²) in [5.41, 5.74) is 1.57. The molecule has 0 saturated heterocycles. The van der Waals surface area contributed by atoms with Gasteiger partial charge in [0, 0.05) is 0 Å². The molecule has 1 aromatic carbocycles. The number of fused-ring (bicyclic) bond motifs is 1. The maximum Gasteiger partial charge on any atom is 0.205 e. The highest BCUT2D eigenvalue weighted by molar-refractivity contribution is 5.74. The second-order valence-corrected chi connectivity index (χ2v) is 2.87. The number of para-hydroxylation sites is 2. The molecule has 6 nitrogen and oxygen atoms in total. The number of tetrazole rings is 1. The van der Waals surface area contributed by atoms with E-state index in [2.05, 4.69) is 31.6 Å². The van der Waals surface area contributed by atoms with Crippen molar-refractivity contribution in [2.24, 2.45) is 0 Å². The van der Waals surface area contributed by atoms with E-state index in [1.54, 1.807) is 0 Å². The first-order valence-electron chi connectivity index (χ1n) is 4.31. The van der Waals surface area contributed by atoms with Gasteiger partial charge in [-0.2, -0.15) is 0 Å². The summed E-state index contributed by atoms with van der Waals surface area (Å²) in [7, 11) is 0. The summed E-state index contributed by atoms with van der Waals surface area (Å²) in [4.78, 5) is 9.70. The zero-order chi connectivity index (χ0) is 10.1. The van der Waals surface area contributed by atoms with Crippen molar-refractivity contribution in [3.8, 4) is 5.82 Å². The topological polar surface area (TPSA) is 69.4 Å². The summed E-state index contributed by atoms with van der Waals surface area (Å²) in [6.45, 7) is 0. The van der Waals surface area contributed by atoms with Gasteiger partial charge in [-0.05, 0) is 17.3 Å². The lowest BCUT2D eigenvalue weighted by atomic mass is 10.3. The standard InChI is InChI=1S/C9H5N6/c1-2-4-8-7(3-1)10-5-9(13-8)15-12-6-11-14-15/h1-4,6H. The zero-order valence-corrected chi connectivity index (χ0v) is 7.57. The lowest BCUT2D eigenvalue weighted by Gasteiger charge is -1.98. The molecule has 0 spiro atoms. The van der Waals surface area contributed by atoms with Crippen molar-refractivity contribution in [1.29, 1.82) is 0 Å². The smallest absolute Gasteiger partial charge is 0.205 e. The first kappa shape index (κ1) is 7.98. The summed E-state index contributed by atoms with van der Waals surface area (Å²) < 4.78 is 0. The van der Waals surface area contributed by atoms with Crippen LogP contribution in [0.4, 0.5) is 0 Å². The number of benzene rings is 1. The summed E-state index contributed by atoms with van der Waals surface area (Å²) in [5.74, 6) is 0.436. The Morgan fingerprint density at radius 3 is 2.80 bits per heavy atom. The summed E-state index contributed by atoms with van der Waals surface area (Å²) in [6, 6.07) is 7.54. The molecule has 6 heteroatoms. The number of rotatable bonds is 1. The van der Waals surface area contributed by atoms with Crippen LogP contribution in [-0.2, 0) is 0 Å². The van der Waals surface area contributed by atoms with E-state index in [4.69, 9.17) is 0 Å². The van der Waals surface area contributed by atoms with Crippen LogP contribution in [0.1, 0.15) is 0 Å². The van der Waals surface area contributed by atoms with Gasteiger partial charge in [0.05, 0.1) is 11.0 Å². The highest BCUT2D eigenvalue weighted by atomic mass is 15.6. The van der Waals surface area contributed by atoms with Crippen molar-refractivity contribution in [3.63, 3.8) is 0 Å². The van der Waals surface area contributed by atoms with Crippen LogP contribution in [-0.4, -0.2) is 30.2 Å². The van der Waals surface area contributed by atoms with Crippen molar-refractivity contribution < 1.29 is 0 Å². The number of nitrogens with zero attached hydrogens (tertiary/aromatic N) is 6. The van der Waals surface area contributed by atoms with Gasteiger partial charge < -0.3 is 0 Å². The Bertz CT molecular complexity index is 588. The molecule has 0 aliphatic rings. The predicted octanol–water partition coefficient (Wildman–Crippen LogP) is 0.406. The molecule has 0 atom stereocenters. The molecular weight excluding hydrogens is 192 g/mol. The average Bonchev–Trinajstić information content (AvgIpc) is 2.82. The molecule has 0 amide bonds. The third-order valence-corrected chi connectivity index (χ3v) is 1.92. The van der Waals surface area contributed by atoms with Gasteiger partial charge in [-0.15, -0.1) is 15.0 Å². The molecule has 3 rings (SSSR count). The highest BCUT2D eigenvalue weighted by Gasteiger charge is 2.03. The van der Waals surface area contributed by atoms with E-state index in [1.807, 2.05) is 24.3 Å². The SMILES string of the molecule is [c]1nc2ccccc2nc1-n1ncnn1. The Kier molecular flexibility index (Phi) is 1.64. The Labute approximate surface area is 84.6 Å². The van der Waals surface area contributed by atoms with Crippen LogP contribution in [0.2, 0.25) is 0 Å². The summed E-state index contributed by atoms with van der Waals surface area (Å²) >= 11 is 0. The molecule has 0 fully saturated rings. The minimum absolute atomic E-state index is 0.436. The molecule has 3 aromatic rings. The van der Waals surface area contributed by atoms with E-state index in [9.17, 15) is 0 Å². The molecule has 0 saturated carbocycles. The van der Waals surface area contributed by atoms with E-state index < -0.39 is 0 Å². The van der Waals surface area contributed by atoms with Crippen LogP contribution in [0.15, 0.2) is 30.6 Å². The fourth-order valence-corrected chi connectivity index (χ4v) is 1.26. The molecule has 71 valence electrons. The fourth-order valence-electron chi connectivity index (χ4n) is 1.26. The molecule has 0 aliphatic heterocycles. The maximum atomic E-state index is 4.30. The first-order chi connectivity index (χ1) is 7.43. The Morgan fingerprint density at radius 2 is 2.00 bits per heavy atom. The van der Waals surface area contributed by atoms with Gasteiger partial charge in [-0.25, -0.2) is 9.97 Å². The van der Waals surface area contributed by atoms with Gasteiger partial charge in [0.2, 0.25) is 5.82 Å². The lowest BCUT2D eigenvalue weighted by Crippen LogP contribution is -2.03. The monoisotopic (exact) mass is 197 g/mol. The quantitative estimate of drug-likeness (QED) is 0.565. The third-order valence-electron chi connectivity index (χ3n) is 1.92. The second kappa shape index (κ2) is 3.09. The summed E-state index contributed by atoms with van der Waals surface area (Å²) in [6.07, 6.45) is 4.09. The number of hydrogen-bond acceptors (Lipinski definition) is 5. The molecule has 2 heterocycles. The van der Waals surface area contributed by atoms with E-state index >= 15 is 0 Å². The minimum atomic E-state index is 0.436. The Hall–Kier alpha value is -2.37. The molecule has 0 N–H and O–H groups in total. The fraction of sp³-hybridized carbons (Fsp3) is 0. The van der Waals surface area contributed by atoms with Crippen LogP contribution in [0.25, 0.3) is 16.9 Å². The molecular formula is C9H5N6. The highest BCUT2D eigenvalue weighted by Crippen LogP contribution is 2.08. The van der Waals surface area contributed by atoms with Crippen LogP contribution >= 0.6 is 0 Å². The van der Waals surface area contributed by atoms with Crippen molar-refractivity contribution >= 4 is 11.0 Å². The van der Waals surface area contributed by atoms with Crippen molar-refractivity contribution in [1.82, 2.24) is 30.2 Å². The summed E-state index contributed by atoms with van der Waals surface area (Å²) in [5, 5.41) is 11.2. The van der Waals surface area contributed by atoms with E-state index in [1.165, 1.54) is 11.1 Å². The molecule has 1 radical (unpaired) electrons. The molecule has 0 unspecified atom stereocenters. The predicted molar refractivity (Wildman–Crippen MR) is 51.1 cm³/mol. The van der Waals surface area contributed by atoms with Crippen molar-refractivity contribution in [3.05, 3.63) is 36.8 Å². The van der Waals surface area contributed by atoms with Crippen LogP contribution < -0.4 is 0 Å².